The minimum Gasteiger partial charge on any atom is -0.250 e. The summed E-state index contributed by atoms with van der Waals surface area (Å²) in [5.74, 6) is 2.72. The van der Waals surface area contributed by atoms with Crippen LogP contribution in [0, 0.1) is 5.92 Å². The third-order valence-corrected chi connectivity index (χ3v) is 3.83. The zero-order valence-electron chi connectivity index (χ0n) is 10.4. The van der Waals surface area contributed by atoms with Crippen molar-refractivity contribution in [2.75, 3.05) is 0 Å². The van der Waals surface area contributed by atoms with Crippen LogP contribution in [0.25, 0.3) is 0 Å². The summed E-state index contributed by atoms with van der Waals surface area (Å²) in [4.78, 5) is 4.63. The standard InChI is InChI=1S/C14H16ClN3/c1-10-6-7-18-14(8-10)16-13(17-18)9-11-4-2-3-5-12(11)15/h2-5,10H,6-9H2,1H3. The quantitative estimate of drug-likeness (QED) is 0.832. The number of aryl methyl sites for hydroxylation is 1. The van der Waals surface area contributed by atoms with Gasteiger partial charge in [-0.25, -0.2) is 9.67 Å². The minimum absolute atomic E-state index is 0.716. The van der Waals surface area contributed by atoms with Gasteiger partial charge in [-0.3, -0.25) is 0 Å². The van der Waals surface area contributed by atoms with E-state index in [0.29, 0.717) is 6.42 Å². The van der Waals surface area contributed by atoms with Crippen molar-refractivity contribution in [2.45, 2.75) is 32.7 Å². The predicted molar refractivity (Wildman–Crippen MR) is 71.8 cm³/mol. The van der Waals surface area contributed by atoms with Gasteiger partial charge in [0.1, 0.15) is 5.82 Å². The molecule has 18 heavy (non-hydrogen) atoms. The molecule has 0 aliphatic carbocycles. The molecule has 1 atom stereocenters. The maximum atomic E-state index is 6.16. The lowest BCUT2D eigenvalue weighted by Gasteiger charge is -2.17. The minimum atomic E-state index is 0.716. The molecule has 1 aliphatic heterocycles. The fraction of sp³-hybridized carbons (Fsp3) is 0.429. The molecule has 3 nitrogen and oxygen atoms in total. The van der Waals surface area contributed by atoms with Crippen LogP contribution >= 0.6 is 11.6 Å². The Morgan fingerprint density at radius 3 is 3.06 bits per heavy atom. The highest BCUT2D eigenvalue weighted by Crippen LogP contribution is 2.21. The van der Waals surface area contributed by atoms with Crippen LogP contribution in [0.2, 0.25) is 5.02 Å². The molecular formula is C14H16ClN3. The average molecular weight is 262 g/mol. The van der Waals surface area contributed by atoms with Crippen LogP contribution in [0.4, 0.5) is 0 Å². The summed E-state index contributed by atoms with van der Waals surface area (Å²) in [5.41, 5.74) is 1.09. The average Bonchev–Trinajstić information content (AvgIpc) is 2.73. The monoisotopic (exact) mass is 261 g/mol. The molecule has 0 bridgehead atoms. The Labute approximate surface area is 112 Å². The summed E-state index contributed by atoms with van der Waals surface area (Å²) < 4.78 is 2.05. The molecule has 0 saturated heterocycles. The maximum Gasteiger partial charge on any atom is 0.155 e. The SMILES string of the molecule is CC1CCn2nc(Cc3ccccc3Cl)nc2C1. The van der Waals surface area contributed by atoms with Crippen LogP contribution in [0.5, 0.6) is 0 Å². The van der Waals surface area contributed by atoms with Crippen molar-refractivity contribution in [1.29, 1.82) is 0 Å². The van der Waals surface area contributed by atoms with Crippen LogP contribution in [0.1, 0.15) is 30.6 Å². The molecule has 1 aromatic carbocycles. The van der Waals surface area contributed by atoms with E-state index >= 15 is 0 Å². The molecule has 0 spiro atoms. The first-order valence-corrected chi connectivity index (χ1v) is 6.76. The fourth-order valence-corrected chi connectivity index (χ4v) is 2.60. The summed E-state index contributed by atoms with van der Waals surface area (Å²) in [6, 6.07) is 7.89. The number of rotatable bonds is 2. The first-order chi connectivity index (χ1) is 8.72. The Bertz CT molecular complexity index is 562. The molecule has 4 heteroatoms. The van der Waals surface area contributed by atoms with E-state index in [1.54, 1.807) is 0 Å². The molecule has 0 saturated carbocycles. The second-order valence-corrected chi connectivity index (χ2v) is 5.44. The van der Waals surface area contributed by atoms with Crippen LogP contribution in [-0.4, -0.2) is 14.8 Å². The molecule has 94 valence electrons. The number of halogens is 1. The molecule has 0 radical (unpaired) electrons. The fourth-order valence-electron chi connectivity index (χ4n) is 2.40. The van der Waals surface area contributed by atoms with Gasteiger partial charge in [-0.05, 0) is 24.0 Å². The lowest BCUT2D eigenvalue weighted by atomic mass is 10.0. The summed E-state index contributed by atoms with van der Waals surface area (Å²) in [6.07, 6.45) is 2.95. The van der Waals surface area contributed by atoms with Crippen molar-refractivity contribution < 1.29 is 0 Å². The Morgan fingerprint density at radius 2 is 2.22 bits per heavy atom. The van der Waals surface area contributed by atoms with Crippen LogP contribution in [0.3, 0.4) is 0 Å². The lowest BCUT2D eigenvalue weighted by molar-refractivity contribution is 0.385. The van der Waals surface area contributed by atoms with Gasteiger partial charge in [-0.1, -0.05) is 36.7 Å². The largest absolute Gasteiger partial charge is 0.250 e. The van der Waals surface area contributed by atoms with Crippen molar-refractivity contribution in [3.05, 3.63) is 46.5 Å². The molecule has 0 N–H and O–H groups in total. The second kappa shape index (κ2) is 4.73. The Morgan fingerprint density at radius 1 is 1.39 bits per heavy atom. The van der Waals surface area contributed by atoms with Gasteiger partial charge in [0, 0.05) is 24.4 Å². The van der Waals surface area contributed by atoms with Crippen LogP contribution < -0.4 is 0 Å². The van der Waals surface area contributed by atoms with Crippen molar-refractivity contribution >= 4 is 11.6 Å². The van der Waals surface area contributed by atoms with E-state index in [0.717, 1.165) is 41.1 Å². The first-order valence-electron chi connectivity index (χ1n) is 6.38. The third kappa shape index (κ3) is 2.27. The van der Waals surface area contributed by atoms with Crippen molar-refractivity contribution in [1.82, 2.24) is 14.8 Å². The topological polar surface area (TPSA) is 30.7 Å². The zero-order chi connectivity index (χ0) is 12.5. The Balaban J connectivity index is 1.84. The van der Waals surface area contributed by atoms with E-state index in [2.05, 4.69) is 17.0 Å². The van der Waals surface area contributed by atoms with Gasteiger partial charge < -0.3 is 0 Å². The molecule has 1 aromatic heterocycles. The summed E-state index contributed by atoms with van der Waals surface area (Å²) in [7, 11) is 0. The van der Waals surface area contributed by atoms with E-state index in [1.807, 2.05) is 28.9 Å². The van der Waals surface area contributed by atoms with Gasteiger partial charge in [-0.2, -0.15) is 5.10 Å². The van der Waals surface area contributed by atoms with Crippen LogP contribution in [0.15, 0.2) is 24.3 Å². The first kappa shape index (κ1) is 11.7. The summed E-state index contributed by atoms with van der Waals surface area (Å²) in [5, 5.41) is 5.36. The number of hydrogen-bond acceptors (Lipinski definition) is 2. The number of fused-ring (bicyclic) bond motifs is 1. The smallest absolute Gasteiger partial charge is 0.155 e. The molecular weight excluding hydrogens is 246 g/mol. The molecule has 2 heterocycles. The van der Waals surface area contributed by atoms with E-state index in [-0.39, 0.29) is 0 Å². The Hall–Kier alpha value is -1.35. The molecule has 1 aliphatic rings. The molecule has 1 unspecified atom stereocenters. The number of nitrogens with zero attached hydrogens (tertiary/aromatic N) is 3. The second-order valence-electron chi connectivity index (χ2n) is 5.03. The van der Waals surface area contributed by atoms with Gasteiger partial charge in [0.2, 0.25) is 0 Å². The van der Waals surface area contributed by atoms with Gasteiger partial charge in [-0.15, -0.1) is 0 Å². The number of hydrogen-bond donors (Lipinski definition) is 0. The molecule has 2 aromatic rings. The van der Waals surface area contributed by atoms with Crippen molar-refractivity contribution in [3.8, 4) is 0 Å². The summed E-state index contributed by atoms with van der Waals surface area (Å²) in [6.45, 7) is 3.26. The van der Waals surface area contributed by atoms with E-state index < -0.39 is 0 Å². The number of aromatic nitrogens is 3. The predicted octanol–water partition coefficient (Wildman–Crippen LogP) is 3.10. The molecule has 0 fully saturated rings. The highest BCUT2D eigenvalue weighted by molar-refractivity contribution is 6.31. The lowest BCUT2D eigenvalue weighted by Crippen LogP contribution is -2.18. The highest BCUT2D eigenvalue weighted by Gasteiger charge is 2.18. The Kier molecular flexibility index (Phi) is 3.08. The van der Waals surface area contributed by atoms with Gasteiger partial charge >= 0.3 is 0 Å². The third-order valence-electron chi connectivity index (χ3n) is 3.46. The summed E-state index contributed by atoms with van der Waals surface area (Å²) >= 11 is 6.16. The van der Waals surface area contributed by atoms with E-state index in [4.69, 9.17) is 11.6 Å². The van der Waals surface area contributed by atoms with Crippen LogP contribution in [-0.2, 0) is 19.4 Å². The molecule has 0 amide bonds. The van der Waals surface area contributed by atoms with Gasteiger partial charge in [0.05, 0.1) is 0 Å². The van der Waals surface area contributed by atoms with E-state index in [1.165, 1.54) is 6.42 Å². The maximum absolute atomic E-state index is 6.16. The van der Waals surface area contributed by atoms with Crippen molar-refractivity contribution in [3.63, 3.8) is 0 Å². The van der Waals surface area contributed by atoms with E-state index in [9.17, 15) is 0 Å². The zero-order valence-corrected chi connectivity index (χ0v) is 11.2. The van der Waals surface area contributed by atoms with Gasteiger partial charge in [0.25, 0.3) is 0 Å². The van der Waals surface area contributed by atoms with Crippen molar-refractivity contribution in [2.24, 2.45) is 5.92 Å². The highest BCUT2D eigenvalue weighted by atomic mass is 35.5. The molecule has 3 rings (SSSR count). The number of benzene rings is 1. The normalized spacial score (nSPS) is 18.7. The van der Waals surface area contributed by atoms with Gasteiger partial charge in [0.15, 0.2) is 5.82 Å².